The van der Waals surface area contributed by atoms with E-state index < -0.39 is 11.9 Å². The molecule has 1 aliphatic rings. The molecule has 0 saturated carbocycles. The average molecular weight is 499 g/mol. The van der Waals surface area contributed by atoms with Gasteiger partial charge in [-0.1, -0.05) is 50.1 Å². The van der Waals surface area contributed by atoms with Gasteiger partial charge in [-0.05, 0) is 49.2 Å². The van der Waals surface area contributed by atoms with Crippen molar-refractivity contribution in [1.29, 1.82) is 5.26 Å². The second-order valence-electron chi connectivity index (χ2n) is 8.57. The van der Waals surface area contributed by atoms with Crippen molar-refractivity contribution in [3.8, 4) is 29.1 Å². The molecule has 1 aliphatic heterocycles. The molecule has 0 amide bonds. The van der Waals surface area contributed by atoms with Crippen molar-refractivity contribution in [3.63, 3.8) is 0 Å². The summed E-state index contributed by atoms with van der Waals surface area (Å²) >= 11 is 0. The van der Waals surface area contributed by atoms with Crippen molar-refractivity contribution in [1.82, 2.24) is 0 Å². The van der Waals surface area contributed by atoms with Crippen LogP contribution >= 0.6 is 0 Å². The maximum atomic E-state index is 12.5. The molecule has 1 heterocycles. The van der Waals surface area contributed by atoms with Crippen molar-refractivity contribution in [2.24, 2.45) is 5.73 Å². The van der Waals surface area contributed by atoms with E-state index in [1.165, 1.54) is 0 Å². The van der Waals surface area contributed by atoms with Gasteiger partial charge in [-0.3, -0.25) is 0 Å². The number of hydrogen-bond donors (Lipinski definition) is 1. The van der Waals surface area contributed by atoms with Crippen molar-refractivity contribution in [2.45, 2.75) is 39.0 Å². The molecule has 4 rings (SSSR count). The van der Waals surface area contributed by atoms with Crippen LogP contribution in [0.2, 0.25) is 0 Å². The first-order valence-corrected chi connectivity index (χ1v) is 12.4. The predicted octanol–water partition coefficient (Wildman–Crippen LogP) is 6.09. The number of benzene rings is 3. The van der Waals surface area contributed by atoms with Crippen LogP contribution in [0.25, 0.3) is 0 Å². The van der Waals surface area contributed by atoms with Crippen molar-refractivity contribution >= 4 is 5.97 Å². The normalized spacial score (nSPS) is 14.2. The van der Waals surface area contributed by atoms with Crippen LogP contribution in [-0.2, 0) is 0 Å². The lowest BCUT2D eigenvalue weighted by Gasteiger charge is -2.27. The van der Waals surface area contributed by atoms with Gasteiger partial charge in [0.15, 0.2) is 11.5 Å². The number of allylic oxidation sites excluding steroid dienone is 1. The number of rotatable bonds is 10. The maximum Gasteiger partial charge on any atom is 0.343 e. The Hall–Kier alpha value is -4.44. The quantitative estimate of drug-likeness (QED) is 0.205. The van der Waals surface area contributed by atoms with Crippen LogP contribution in [0, 0.1) is 11.3 Å². The molecular formula is C30H30N2O5. The standard InChI is InChI=1S/C30H30N2O5/c1-3-5-9-16-35-25-15-12-21(17-27(25)34-4-2)28-23-14-13-22(18-26(23)37-29(32)24(28)19-31)36-30(33)20-10-7-6-8-11-20/h6-8,10-15,17-18,28H,3-5,9,16,32H2,1-2H3. The van der Waals surface area contributed by atoms with Gasteiger partial charge in [0.25, 0.3) is 0 Å². The van der Waals surface area contributed by atoms with Crippen LogP contribution in [0.3, 0.4) is 0 Å². The molecule has 2 N–H and O–H groups in total. The summed E-state index contributed by atoms with van der Waals surface area (Å²) in [5, 5.41) is 9.92. The van der Waals surface area contributed by atoms with E-state index in [4.69, 9.17) is 24.7 Å². The molecule has 0 bridgehead atoms. The minimum atomic E-state index is -0.485. The molecule has 1 atom stereocenters. The molecule has 190 valence electrons. The maximum absolute atomic E-state index is 12.5. The number of unbranched alkanes of at least 4 members (excludes halogenated alkanes) is 2. The zero-order valence-electron chi connectivity index (χ0n) is 21.0. The molecule has 37 heavy (non-hydrogen) atoms. The Morgan fingerprint density at radius 1 is 1.00 bits per heavy atom. The van der Waals surface area contributed by atoms with Crippen LogP contribution in [0.1, 0.15) is 60.5 Å². The third kappa shape index (κ3) is 5.87. The van der Waals surface area contributed by atoms with Gasteiger partial charge in [-0.2, -0.15) is 5.26 Å². The first kappa shape index (κ1) is 25.6. The number of carbonyl (C=O) groups is 1. The van der Waals surface area contributed by atoms with Crippen LogP contribution in [0.4, 0.5) is 0 Å². The minimum absolute atomic E-state index is 0.00406. The Kier molecular flexibility index (Phi) is 8.32. The molecule has 1 unspecified atom stereocenters. The fourth-order valence-corrected chi connectivity index (χ4v) is 4.21. The summed E-state index contributed by atoms with van der Waals surface area (Å²) < 4.78 is 23.2. The lowest BCUT2D eigenvalue weighted by atomic mass is 9.83. The number of nitrogens with two attached hydrogens (primary N) is 1. The van der Waals surface area contributed by atoms with E-state index in [9.17, 15) is 10.1 Å². The zero-order chi connectivity index (χ0) is 26.2. The average Bonchev–Trinajstić information content (AvgIpc) is 2.91. The van der Waals surface area contributed by atoms with E-state index in [1.807, 2.05) is 31.2 Å². The van der Waals surface area contributed by atoms with Gasteiger partial charge in [-0.25, -0.2) is 4.79 Å². The summed E-state index contributed by atoms with van der Waals surface area (Å²) in [6.45, 7) is 5.13. The molecular weight excluding hydrogens is 468 g/mol. The largest absolute Gasteiger partial charge is 0.490 e. The fourth-order valence-electron chi connectivity index (χ4n) is 4.21. The highest BCUT2D eigenvalue weighted by molar-refractivity contribution is 5.91. The Morgan fingerprint density at radius 3 is 2.54 bits per heavy atom. The molecule has 0 spiro atoms. The SMILES string of the molecule is CCCCCOc1ccc(C2C(C#N)=C(N)Oc3cc(OC(=O)c4ccccc4)ccc32)cc1OCC. The van der Waals surface area contributed by atoms with E-state index in [-0.39, 0.29) is 5.88 Å². The van der Waals surface area contributed by atoms with Crippen LogP contribution in [0.15, 0.2) is 78.2 Å². The molecule has 0 radical (unpaired) electrons. The molecule has 0 aromatic heterocycles. The van der Waals surface area contributed by atoms with Crippen LogP contribution in [-0.4, -0.2) is 19.2 Å². The molecule has 3 aromatic carbocycles. The van der Waals surface area contributed by atoms with E-state index in [0.29, 0.717) is 47.3 Å². The second kappa shape index (κ2) is 12.0. The summed E-state index contributed by atoms with van der Waals surface area (Å²) in [5.41, 5.74) is 8.43. The second-order valence-corrected chi connectivity index (χ2v) is 8.57. The third-order valence-electron chi connectivity index (χ3n) is 6.02. The smallest absolute Gasteiger partial charge is 0.343 e. The minimum Gasteiger partial charge on any atom is -0.490 e. The number of hydrogen-bond acceptors (Lipinski definition) is 7. The molecule has 3 aromatic rings. The Morgan fingerprint density at radius 2 is 1.81 bits per heavy atom. The molecule has 0 saturated heterocycles. The van der Waals surface area contributed by atoms with Gasteiger partial charge in [0.05, 0.1) is 24.7 Å². The van der Waals surface area contributed by atoms with Crippen molar-refractivity contribution < 1.29 is 23.7 Å². The highest BCUT2D eigenvalue weighted by Crippen LogP contribution is 2.45. The fraction of sp³-hybridized carbons (Fsp3) is 0.267. The third-order valence-corrected chi connectivity index (χ3v) is 6.02. The van der Waals surface area contributed by atoms with E-state index in [2.05, 4.69) is 13.0 Å². The number of fused-ring (bicyclic) bond motifs is 1. The molecule has 7 heteroatoms. The number of esters is 1. The van der Waals surface area contributed by atoms with Crippen molar-refractivity contribution in [3.05, 3.63) is 94.9 Å². The van der Waals surface area contributed by atoms with Gasteiger partial charge in [0, 0.05) is 11.6 Å². The Bertz CT molecular complexity index is 1330. The summed E-state index contributed by atoms with van der Waals surface area (Å²) in [4.78, 5) is 12.5. The first-order valence-electron chi connectivity index (χ1n) is 12.4. The van der Waals surface area contributed by atoms with E-state index in [1.54, 1.807) is 42.5 Å². The van der Waals surface area contributed by atoms with Gasteiger partial charge >= 0.3 is 5.97 Å². The topological polar surface area (TPSA) is 104 Å². The number of nitrogens with zero attached hydrogens (tertiary/aromatic N) is 1. The monoisotopic (exact) mass is 498 g/mol. The summed E-state index contributed by atoms with van der Waals surface area (Å²) in [5.74, 6) is 1.03. The van der Waals surface area contributed by atoms with Gasteiger partial charge in [0.2, 0.25) is 5.88 Å². The Labute approximate surface area is 217 Å². The van der Waals surface area contributed by atoms with Crippen molar-refractivity contribution in [2.75, 3.05) is 13.2 Å². The van der Waals surface area contributed by atoms with Gasteiger partial charge < -0.3 is 24.7 Å². The number of ether oxygens (including phenoxy) is 4. The van der Waals surface area contributed by atoms with Gasteiger partial charge in [-0.15, -0.1) is 0 Å². The lowest BCUT2D eigenvalue weighted by Crippen LogP contribution is -2.21. The number of carbonyl (C=O) groups excluding carboxylic acids is 1. The molecule has 0 fully saturated rings. The zero-order valence-corrected chi connectivity index (χ0v) is 21.0. The van der Waals surface area contributed by atoms with Crippen LogP contribution in [0.5, 0.6) is 23.0 Å². The van der Waals surface area contributed by atoms with E-state index >= 15 is 0 Å². The summed E-state index contributed by atoms with van der Waals surface area (Å²) in [6.07, 6.45) is 3.17. The molecule has 7 nitrogen and oxygen atoms in total. The van der Waals surface area contributed by atoms with E-state index in [0.717, 1.165) is 30.4 Å². The predicted molar refractivity (Wildman–Crippen MR) is 140 cm³/mol. The first-order chi connectivity index (χ1) is 18.0. The summed E-state index contributed by atoms with van der Waals surface area (Å²) in [7, 11) is 0. The number of nitriles is 1. The van der Waals surface area contributed by atoms with Crippen LogP contribution < -0.4 is 24.7 Å². The summed E-state index contributed by atoms with van der Waals surface area (Å²) in [6, 6.07) is 21.7. The highest BCUT2D eigenvalue weighted by atomic mass is 16.5. The lowest BCUT2D eigenvalue weighted by molar-refractivity contribution is 0.0734. The molecule has 0 aliphatic carbocycles. The van der Waals surface area contributed by atoms with Gasteiger partial charge in [0.1, 0.15) is 23.1 Å². The highest BCUT2D eigenvalue weighted by Gasteiger charge is 2.32. The Balaban J connectivity index is 1.65.